The van der Waals surface area contributed by atoms with Crippen LogP contribution in [0.15, 0.2) is 53.6 Å². The van der Waals surface area contributed by atoms with Crippen LogP contribution in [0.2, 0.25) is 0 Å². The molecule has 1 amide bonds. The Labute approximate surface area is 110 Å². The number of hydrogen-bond acceptors (Lipinski definition) is 4. The number of primary amides is 1. The van der Waals surface area contributed by atoms with Gasteiger partial charge in [-0.25, -0.2) is 13.4 Å². The number of nitrogens with one attached hydrogen (secondary N) is 1. The van der Waals surface area contributed by atoms with Gasteiger partial charge in [0.1, 0.15) is 5.82 Å². The number of nitrogens with two attached hydrogens (primary N) is 1. The van der Waals surface area contributed by atoms with Crippen LogP contribution in [0.4, 0.5) is 5.82 Å². The molecular weight excluding hydrogens is 266 g/mol. The first-order valence-electron chi connectivity index (χ1n) is 5.33. The molecule has 0 aliphatic rings. The van der Waals surface area contributed by atoms with Crippen molar-refractivity contribution in [2.45, 2.75) is 4.90 Å². The van der Waals surface area contributed by atoms with E-state index in [4.69, 9.17) is 5.73 Å². The van der Waals surface area contributed by atoms with Crippen molar-refractivity contribution >= 4 is 21.7 Å². The van der Waals surface area contributed by atoms with Gasteiger partial charge in [-0.2, -0.15) is 0 Å². The van der Waals surface area contributed by atoms with E-state index in [0.717, 1.165) is 0 Å². The SMILES string of the molecule is NC(=O)c1cccc(S(=O)(=O)Nc2ccccn2)c1. The Morgan fingerprint density at radius 2 is 1.95 bits per heavy atom. The largest absolute Gasteiger partial charge is 0.366 e. The van der Waals surface area contributed by atoms with Gasteiger partial charge in [0.25, 0.3) is 10.0 Å². The lowest BCUT2D eigenvalue weighted by Gasteiger charge is -2.07. The van der Waals surface area contributed by atoms with Crippen molar-refractivity contribution in [3.05, 3.63) is 54.2 Å². The van der Waals surface area contributed by atoms with Crippen LogP contribution in [0.1, 0.15) is 10.4 Å². The Hall–Kier alpha value is -2.41. The lowest BCUT2D eigenvalue weighted by molar-refractivity contribution is 0.1000. The third kappa shape index (κ3) is 3.08. The summed E-state index contributed by atoms with van der Waals surface area (Å²) in [5, 5.41) is 0. The normalized spacial score (nSPS) is 10.9. The topological polar surface area (TPSA) is 102 Å². The van der Waals surface area contributed by atoms with E-state index in [2.05, 4.69) is 9.71 Å². The molecule has 1 aromatic heterocycles. The third-order valence-corrected chi connectivity index (χ3v) is 3.69. The minimum atomic E-state index is -3.79. The van der Waals surface area contributed by atoms with Crippen LogP contribution in [0.5, 0.6) is 0 Å². The quantitative estimate of drug-likeness (QED) is 0.869. The van der Waals surface area contributed by atoms with Gasteiger partial charge < -0.3 is 5.73 Å². The second-order valence-corrected chi connectivity index (χ2v) is 5.39. The Bertz CT molecular complexity index is 699. The van der Waals surface area contributed by atoms with Crippen LogP contribution in [-0.4, -0.2) is 19.3 Å². The van der Waals surface area contributed by atoms with Crippen molar-refractivity contribution in [3.63, 3.8) is 0 Å². The molecule has 2 aromatic rings. The first-order chi connectivity index (χ1) is 8.99. The highest BCUT2D eigenvalue weighted by Gasteiger charge is 2.16. The van der Waals surface area contributed by atoms with Crippen LogP contribution >= 0.6 is 0 Å². The number of rotatable bonds is 4. The fraction of sp³-hybridized carbons (Fsp3) is 0. The molecule has 98 valence electrons. The van der Waals surface area contributed by atoms with Crippen molar-refractivity contribution in [1.82, 2.24) is 4.98 Å². The van der Waals surface area contributed by atoms with Crippen molar-refractivity contribution < 1.29 is 13.2 Å². The molecule has 0 atom stereocenters. The standard InChI is InChI=1S/C12H11N3O3S/c13-12(16)9-4-3-5-10(8-9)19(17,18)15-11-6-1-2-7-14-11/h1-8H,(H2,13,16)(H,14,15). The molecule has 0 bridgehead atoms. The van der Waals surface area contributed by atoms with E-state index in [9.17, 15) is 13.2 Å². The lowest BCUT2D eigenvalue weighted by Crippen LogP contribution is -2.16. The van der Waals surface area contributed by atoms with Crippen LogP contribution in [0.3, 0.4) is 0 Å². The third-order valence-electron chi connectivity index (χ3n) is 2.33. The van der Waals surface area contributed by atoms with E-state index in [1.807, 2.05) is 0 Å². The number of carbonyl (C=O) groups is 1. The van der Waals surface area contributed by atoms with Crippen molar-refractivity contribution in [2.24, 2.45) is 5.73 Å². The lowest BCUT2D eigenvalue weighted by atomic mass is 10.2. The molecule has 0 fully saturated rings. The van der Waals surface area contributed by atoms with Crippen LogP contribution < -0.4 is 10.5 Å². The summed E-state index contributed by atoms with van der Waals surface area (Å²) in [4.78, 5) is 14.9. The van der Waals surface area contributed by atoms with Crippen LogP contribution in [0.25, 0.3) is 0 Å². The molecule has 1 aromatic carbocycles. The second-order valence-electron chi connectivity index (χ2n) is 3.71. The number of pyridine rings is 1. The summed E-state index contributed by atoms with van der Waals surface area (Å²) in [6.07, 6.45) is 1.47. The monoisotopic (exact) mass is 277 g/mol. The fourth-order valence-electron chi connectivity index (χ4n) is 1.44. The molecule has 0 spiro atoms. The van der Waals surface area contributed by atoms with Gasteiger partial charge >= 0.3 is 0 Å². The summed E-state index contributed by atoms with van der Waals surface area (Å²) in [6.45, 7) is 0. The number of anilines is 1. The van der Waals surface area contributed by atoms with Gasteiger partial charge in [0, 0.05) is 11.8 Å². The zero-order valence-corrected chi connectivity index (χ0v) is 10.6. The second kappa shape index (κ2) is 5.07. The van der Waals surface area contributed by atoms with Crippen LogP contribution in [-0.2, 0) is 10.0 Å². The van der Waals surface area contributed by atoms with Gasteiger partial charge in [0.05, 0.1) is 4.90 Å². The van der Waals surface area contributed by atoms with Crippen molar-refractivity contribution in [2.75, 3.05) is 4.72 Å². The van der Waals surface area contributed by atoms with Gasteiger partial charge in [0.15, 0.2) is 0 Å². The van der Waals surface area contributed by atoms with Gasteiger partial charge in [-0.3, -0.25) is 9.52 Å². The summed E-state index contributed by atoms with van der Waals surface area (Å²) in [6, 6.07) is 10.3. The molecule has 0 aliphatic heterocycles. The Morgan fingerprint density at radius 3 is 2.58 bits per heavy atom. The number of carbonyl (C=O) groups excluding carboxylic acids is 1. The molecular formula is C12H11N3O3S. The van der Waals surface area contributed by atoms with Gasteiger partial charge in [-0.15, -0.1) is 0 Å². The molecule has 2 rings (SSSR count). The maximum absolute atomic E-state index is 12.1. The van der Waals surface area contributed by atoms with E-state index < -0.39 is 15.9 Å². The predicted octanol–water partition coefficient (Wildman–Crippen LogP) is 0.981. The summed E-state index contributed by atoms with van der Waals surface area (Å²) in [7, 11) is -3.79. The fourth-order valence-corrected chi connectivity index (χ4v) is 2.49. The Kier molecular flexibility index (Phi) is 3.48. The van der Waals surface area contributed by atoms with E-state index in [-0.39, 0.29) is 16.3 Å². The van der Waals surface area contributed by atoms with Crippen LogP contribution in [0, 0.1) is 0 Å². The highest BCUT2D eigenvalue weighted by Crippen LogP contribution is 2.15. The van der Waals surface area contributed by atoms with E-state index >= 15 is 0 Å². The first kappa shape index (κ1) is 13.0. The Balaban J connectivity index is 2.35. The molecule has 3 N–H and O–H groups in total. The number of benzene rings is 1. The summed E-state index contributed by atoms with van der Waals surface area (Å²) in [5.41, 5.74) is 5.24. The average Bonchev–Trinajstić information content (AvgIpc) is 2.39. The Morgan fingerprint density at radius 1 is 1.16 bits per heavy atom. The average molecular weight is 277 g/mol. The highest BCUT2D eigenvalue weighted by atomic mass is 32.2. The molecule has 1 heterocycles. The number of sulfonamides is 1. The summed E-state index contributed by atoms with van der Waals surface area (Å²) in [5.74, 6) is -0.484. The van der Waals surface area contributed by atoms with E-state index in [1.54, 1.807) is 12.1 Å². The van der Waals surface area contributed by atoms with Gasteiger partial charge in [-0.1, -0.05) is 12.1 Å². The highest BCUT2D eigenvalue weighted by molar-refractivity contribution is 7.92. The number of amides is 1. The predicted molar refractivity (Wildman–Crippen MR) is 70.0 cm³/mol. The zero-order chi connectivity index (χ0) is 13.9. The summed E-state index contributed by atoms with van der Waals surface area (Å²) >= 11 is 0. The molecule has 7 heteroatoms. The number of aromatic nitrogens is 1. The van der Waals surface area contributed by atoms with Gasteiger partial charge in [0.2, 0.25) is 5.91 Å². The van der Waals surface area contributed by atoms with Crippen molar-refractivity contribution in [3.8, 4) is 0 Å². The smallest absolute Gasteiger partial charge is 0.263 e. The molecule has 6 nitrogen and oxygen atoms in total. The maximum Gasteiger partial charge on any atom is 0.263 e. The minimum Gasteiger partial charge on any atom is -0.366 e. The van der Waals surface area contributed by atoms with E-state index in [1.165, 1.54) is 36.5 Å². The molecule has 19 heavy (non-hydrogen) atoms. The zero-order valence-electron chi connectivity index (χ0n) is 9.78. The molecule has 0 radical (unpaired) electrons. The van der Waals surface area contributed by atoms with Crippen molar-refractivity contribution in [1.29, 1.82) is 0 Å². The van der Waals surface area contributed by atoms with E-state index in [0.29, 0.717) is 0 Å². The maximum atomic E-state index is 12.1. The molecule has 0 saturated heterocycles. The van der Waals surface area contributed by atoms with Gasteiger partial charge in [-0.05, 0) is 30.3 Å². The number of nitrogens with zero attached hydrogens (tertiary/aromatic N) is 1. The first-order valence-corrected chi connectivity index (χ1v) is 6.81. The molecule has 0 saturated carbocycles. The molecule has 0 aliphatic carbocycles. The minimum absolute atomic E-state index is 0.0468. The summed E-state index contributed by atoms with van der Waals surface area (Å²) < 4.78 is 26.5. The molecule has 0 unspecified atom stereocenters. The number of hydrogen-bond donors (Lipinski definition) is 2.